The van der Waals surface area contributed by atoms with Crippen LogP contribution in [0.4, 0.5) is 0 Å². The second-order valence-electron chi connectivity index (χ2n) is 6.51. The minimum atomic E-state index is -0.850. The van der Waals surface area contributed by atoms with Gasteiger partial charge in [0, 0.05) is 19.8 Å². The summed E-state index contributed by atoms with van der Waals surface area (Å²) in [6, 6.07) is 13.8. The van der Waals surface area contributed by atoms with Crippen LogP contribution in [0.15, 0.2) is 42.5 Å². The van der Waals surface area contributed by atoms with Crippen LogP contribution in [0.1, 0.15) is 18.4 Å². The predicted molar refractivity (Wildman–Crippen MR) is 95.3 cm³/mol. The number of fused-ring (bicyclic) bond motifs is 1. The van der Waals surface area contributed by atoms with Crippen molar-refractivity contribution in [2.45, 2.75) is 19.3 Å². The third-order valence-electron chi connectivity index (χ3n) is 4.90. The van der Waals surface area contributed by atoms with Crippen LogP contribution in [-0.2, 0) is 20.7 Å². The highest BCUT2D eigenvalue weighted by molar-refractivity contribution is 5.90. The van der Waals surface area contributed by atoms with Crippen LogP contribution in [0.3, 0.4) is 0 Å². The molecule has 1 aliphatic rings. The van der Waals surface area contributed by atoms with Crippen molar-refractivity contribution < 1.29 is 19.4 Å². The molecule has 25 heavy (non-hydrogen) atoms. The molecule has 1 saturated heterocycles. The lowest BCUT2D eigenvalue weighted by Gasteiger charge is -2.27. The van der Waals surface area contributed by atoms with Crippen LogP contribution in [0.5, 0.6) is 0 Å². The number of carbonyl (C=O) groups is 2. The summed E-state index contributed by atoms with van der Waals surface area (Å²) >= 11 is 0. The van der Waals surface area contributed by atoms with Crippen molar-refractivity contribution >= 4 is 22.6 Å². The van der Waals surface area contributed by atoms with Gasteiger partial charge in [0.25, 0.3) is 0 Å². The summed E-state index contributed by atoms with van der Waals surface area (Å²) in [5.41, 5.74) is 0.952. The van der Waals surface area contributed by atoms with Crippen LogP contribution in [0, 0.1) is 11.8 Å². The maximum absolute atomic E-state index is 12.3. The van der Waals surface area contributed by atoms with E-state index in [0.29, 0.717) is 13.2 Å². The fourth-order valence-electron chi connectivity index (χ4n) is 3.48. The Hall–Kier alpha value is -2.40. The fourth-order valence-corrected chi connectivity index (χ4v) is 3.48. The molecule has 5 heteroatoms. The van der Waals surface area contributed by atoms with Gasteiger partial charge in [0.15, 0.2) is 0 Å². The molecule has 0 aromatic heterocycles. The molecule has 2 N–H and O–H groups in total. The van der Waals surface area contributed by atoms with Crippen molar-refractivity contribution in [3.05, 3.63) is 48.0 Å². The van der Waals surface area contributed by atoms with Gasteiger partial charge in [0.05, 0.1) is 12.3 Å². The molecule has 0 radical (unpaired) electrons. The third-order valence-corrected chi connectivity index (χ3v) is 4.90. The highest BCUT2D eigenvalue weighted by Gasteiger charge is 2.30. The van der Waals surface area contributed by atoms with Crippen molar-refractivity contribution in [2.75, 3.05) is 19.8 Å². The number of hydrogen-bond donors (Lipinski definition) is 2. The van der Waals surface area contributed by atoms with Crippen LogP contribution >= 0.6 is 0 Å². The molecule has 3 rings (SSSR count). The minimum absolute atomic E-state index is 0.0594. The van der Waals surface area contributed by atoms with Gasteiger partial charge >= 0.3 is 5.97 Å². The minimum Gasteiger partial charge on any atom is -0.481 e. The van der Waals surface area contributed by atoms with Crippen LogP contribution in [0.2, 0.25) is 0 Å². The van der Waals surface area contributed by atoms with Gasteiger partial charge in [-0.2, -0.15) is 0 Å². The first-order chi connectivity index (χ1) is 12.1. The first-order valence-corrected chi connectivity index (χ1v) is 8.69. The smallest absolute Gasteiger partial charge is 0.308 e. The molecule has 1 aliphatic heterocycles. The number of amides is 1. The Balaban J connectivity index is 1.62. The van der Waals surface area contributed by atoms with E-state index in [4.69, 9.17) is 4.74 Å². The molecule has 0 spiro atoms. The Kier molecular flexibility index (Phi) is 5.66. The van der Waals surface area contributed by atoms with E-state index in [1.807, 2.05) is 42.5 Å². The summed E-state index contributed by atoms with van der Waals surface area (Å²) in [6.07, 6.45) is 1.72. The maximum atomic E-state index is 12.3. The predicted octanol–water partition coefficient (Wildman–Crippen LogP) is 2.63. The molecule has 2 aromatic carbocycles. The quantitative estimate of drug-likeness (QED) is 0.847. The zero-order valence-electron chi connectivity index (χ0n) is 14.1. The Morgan fingerprint density at radius 3 is 2.60 bits per heavy atom. The summed E-state index contributed by atoms with van der Waals surface area (Å²) in [5.74, 6) is -1.49. The van der Waals surface area contributed by atoms with Gasteiger partial charge in [-0.1, -0.05) is 42.5 Å². The van der Waals surface area contributed by atoms with Gasteiger partial charge in [0.2, 0.25) is 5.91 Å². The lowest BCUT2D eigenvalue weighted by atomic mass is 9.86. The van der Waals surface area contributed by atoms with Gasteiger partial charge in [-0.25, -0.2) is 0 Å². The number of carbonyl (C=O) groups excluding carboxylic acids is 1. The number of carboxylic acid groups (broad SMARTS) is 1. The van der Waals surface area contributed by atoms with Crippen molar-refractivity contribution in [2.24, 2.45) is 11.8 Å². The first kappa shape index (κ1) is 17.4. The fraction of sp³-hybridized carbons (Fsp3) is 0.400. The van der Waals surface area contributed by atoms with E-state index in [1.165, 1.54) is 0 Å². The van der Waals surface area contributed by atoms with E-state index in [0.717, 1.165) is 29.2 Å². The lowest BCUT2D eigenvalue weighted by molar-refractivity contribution is -0.144. The highest BCUT2D eigenvalue weighted by atomic mass is 16.5. The normalized spacial score (nSPS) is 16.5. The van der Waals surface area contributed by atoms with Crippen LogP contribution < -0.4 is 5.32 Å². The molecule has 1 heterocycles. The molecule has 0 bridgehead atoms. The lowest BCUT2D eigenvalue weighted by Crippen LogP contribution is -2.39. The van der Waals surface area contributed by atoms with Gasteiger partial charge in [-0.05, 0) is 35.1 Å². The average Bonchev–Trinajstić information content (AvgIpc) is 2.63. The van der Waals surface area contributed by atoms with Crippen molar-refractivity contribution in [3.8, 4) is 0 Å². The number of aliphatic carboxylic acids is 1. The molecule has 1 unspecified atom stereocenters. The molecule has 132 valence electrons. The van der Waals surface area contributed by atoms with Crippen molar-refractivity contribution in [3.63, 3.8) is 0 Å². The van der Waals surface area contributed by atoms with E-state index < -0.39 is 11.9 Å². The number of ether oxygens (including phenoxy) is 1. The summed E-state index contributed by atoms with van der Waals surface area (Å²) in [6.45, 7) is 1.36. The number of nitrogens with one attached hydrogen (secondary N) is 1. The van der Waals surface area contributed by atoms with E-state index in [9.17, 15) is 14.7 Å². The summed E-state index contributed by atoms with van der Waals surface area (Å²) in [7, 11) is 0. The maximum Gasteiger partial charge on any atom is 0.308 e. The molecule has 1 amide bonds. The largest absolute Gasteiger partial charge is 0.481 e. The van der Waals surface area contributed by atoms with Crippen molar-refractivity contribution in [1.29, 1.82) is 0 Å². The second-order valence-corrected chi connectivity index (χ2v) is 6.51. The van der Waals surface area contributed by atoms with Crippen molar-refractivity contribution in [1.82, 2.24) is 5.32 Å². The molecule has 0 saturated carbocycles. The molecule has 5 nitrogen and oxygen atoms in total. The molecular weight excluding hydrogens is 318 g/mol. The average molecular weight is 341 g/mol. The summed E-state index contributed by atoms with van der Waals surface area (Å²) in [4.78, 5) is 23.9. The number of rotatable bonds is 6. The van der Waals surface area contributed by atoms with Gasteiger partial charge in [0.1, 0.15) is 0 Å². The van der Waals surface area contributed by atoms with Crippen LogP contribution in [0.25, 0.3) is 10.8 Å². The molecule has 1 fully saturated rings. The Morgan fingerprint density at radius 1 is 1.12 bits per heavy atom. The van der Waals surface area contributed by atoms with E-state index in [-0.39, 0.29) is 24.8 Å². The molecular formula is C20H23NO4. The van der Waals surface area contributed by atoms with Gasteiger partial charge < -0.3 is 15.2 Å². The number of carboxylic acids is 1. The molecule has 2 aromatic rings. The standard InChI is InChI=1S/C20H23NO4/c22-19(12-16-6-3-5-14-4-1-2-7-17(14)16)21-13-18(20(23)24)15-8-10-25-11-9-15/h1-7,15,18H,8-13H2,(H,21,22)(H,23,24). The summed E-state index contributed by atoms with van der Waals surface area (Å²) in [5, 5.41) is 14.4. The molecule has 0 aliphatic carbocycles. The SMILES string of the molecule is O=C(Cc1cccc2ccccc12)NCC(C(=O)O)C1CCOCC1. The Labute approximate surface area is 147 Å². The van der Waals surface area contributed by atoms with Gasteiger partial charge in [-0.15, -0.1) is 0 Å². The molecule has 1 atom stereocenters. The van der Waals surface area contributed by atoms with Crippen LogP contribution in [-0.4, -0.2) is 36.7 Å². The monoisotopic (exact) mass is 341 g/mol. The van der Waals surface area contributed by atoms with E-state index in [2.05, 4.69) is 5.32 Å². The van der Waals surface area contributed by atoms with Gasteiger partial charge in [-0.3, -0.25) is 9.59 Å². The Morgan fingerprint density at radius 2 is 1.84 bits per heavy atom. The Bertz CT molecular complexity index is 747. The second kappa shape index (κ2) is 8.12. The topological polar surface area (TPSA) is 75.6 Å². The zero-order valence-corrected chi connectivity index (χ0v) is 14.1. The van der Waals surface area contributed by atoms with E-state index in [1.54, 1.807) is 0 Å². The third kappa shape index (κ3) is 4.37. The van der Waals surface area contributed by atoms with E-state index >= 15 is 0 Å². The highest BCUT2D eigenvalue weighted by Crippen LogP contribution is 2.24. The first-order valence-electron chi connectivity index (χ1n) is 8.69. The number of benzene rings is 2. The summed E-state index contributed by atoms with van der Waals surface area (Å²) < 4.78 is 5.29. The number of hydrogen-bond acceptors (Lipinski definition) is 3. The zero-order chi connectivity index (χ0) is 17.6.